The van der Waals surface area contributed by atoms with Crippen molar-refractivity contribution in [2.75, 3.05) is 5.32 Å². The molecule has 0 atom stereocenters. The number of aryl methyl sites for hydroxylation is 2. The topological polar surface area (TPSA) is 63.6 Å². The molecule has 19 heavy (non-hydrogen) atoms. The monoisotopic (exact) mass is 257 g/mol. The third kappa shape index (κ3) is 3.71. The van der Waals surface area contributed by atoms with Crippen molar-refractivity contribution in [1.82, 2.24) is 19.9 Å². The highest BCUT2D eigenvalue weighted by Gasteiger charge is 2.06. The van der Waals surface area contributed by atoms with Gasteiger partial charge in [-0.3, -0.25) is 9.97 Å². The minimum absolute atomic E-state index is 0.390. The minimum Gasteiger partial charge on any atom is -0.348 e. The van der Waals surface area contributed by atoms with E-state index in [9.17, 15) is 0 Å². The summed E-state index contributed by atoms with van der Waals surface area (Å²) in [6, 6.07) is 2.02. The van der Waals surface area contributed by atoms with Crippen LogP contribution < -0.4 is 5.32 Å². The van der Waals surface area contributed by atoms with Crippen LogP contribution in [0.15, 0.2) is 18.5 Å². The van der Waals surface area contributed by atoms with E-state index in [1.54, 1.807) is 12.4 Å². The summed E-state index contributed by atoms with van der Waals surface area (Å²) in [6.45, 7) is 8.72. The van der Waals surface area contributed by atoms with Crippen molar-refractivity contribution in [2.45, 2.75) is 40.2 Å². The zero-order valence-electron chi connectivity index (χ0n) is 11.8. The molecule has 0 bridgehead atoms. The lowest BCUT2D eigenvalue weighted by Crippen LogP contribution is -2.08. The molecule has 2 aromatic rings. The number of anilines is 1. The van der Waals surface area contributed by atoms with Crippen LogP contribution in [0, 0.1) is 13.8 Å². The fraction of sp³-hybridized carbons (Fsp3) is 0.429. The van der Waals surface area contributed by atoms with Crippen molar-refractivity contribution in [2.24, 2.45) is 0 Å². The second-order valence-electron chi connectivity index (χ2n) is 4.92. The molecule has 0 spiro atoms. The highest BCUT2D eigenvalue weighted by atomic mass is 15.1. The Labute approximate surface area is 113 Å². The van der Waals surface area contributed by atoms with E-state index in [4.69, 9.17) is 0 Å². The van der Waals surface area contributed by atoms with Gasteiger partial charge in [-0.1, -0.05) is 13.8 Å². The summed E-state index contributed by atoms with van der Waals surface area (Å²) in [5.74, 6) is 1.03. The minimum atomic E-state index is 0.390. The van der Waals surface area contributed by atoms with E-state index in [1.807, 2.05) is 19.9 Å². The van der Waals surface area contributed by atoms with Gasteiger partial charge in [0.2, 0.25) is 5.95 Å². The van der Waals surface area contributed by atoms with E-state index in [0.717, 1.165) is 22.8 Å². The van der Waals surface area contributed by atoms with Crippen LogP contribution in [0.5, 0.6) is 0 Å². The fourth-order valence-electron chi connectivity index (χ4n) is 1.65. The Morgan fingerprint density at radius 3 is 2.47 bits per heavy atom. The third-order valence-electron chi connectivity index (χ3n) is 2.73. The van der Waals surface area contributed by atoms with Gasteiger partial charge in [-0.15, -0.1) is 0 Å². The molecule has 1 N–H and O–H groups in total. The molecule has 2 heterocycles. The molecule has 0 fully saturated rings. The standard InChI is InChI=1S/C14H19N5/c1-9(2)13-5-10(3)18-14(19-13)17-8-12-7-15-11(4)6-16-12/h5-7,9H,8H2,1-4H3,(H,17,18,19). The Morgan fingerprint density at radius 1 is 1.05 bits per heavy atom. The van der Waals surface area contributed by atoms with Crippen molar-refractivity contribution in [3.8, 4) is 0 Å². The van der Waals surface area contributed by atoms with Gasteiger partial charge in [-0.05, 0) is 25.8 Å². The van der Waals surface area contributed by atoms with Gasteiger partial charge in [0.1, 0.15) is 0 Å². The highest BCUT2D eigenvalue weighted by molar-refractivity contribution is 5.29. The normalized spacial score (nSPS) is 10.8. The molecule has 0 aliphatic heterocycles. The molecule has 0 amide bonds. The molecule has 0 unspecified atom stereocenters. The maximum atomic E-state index is 4.50. The van der Waals surface area contributed by atoms with Crippen LogP contribution in [0.2, 0.25) is 0 Å². The largest absolute Gasteiger partial charge is 0.348 e. The predicted octanol–water partition coefficient (Wildman–Crippen LogP) is 2.62. The fourth-order valence-corrected chi connectivity index (χ4v) is 1.65. The van der Waals surface area contributed by atoms with E-state index in [2.05, 4.69) is 39.1 Å². The number of aromatic nitrogens is 4. The molecule has 0 saturated carbocycles. The van der Waals surface area contributed by atoms with E-state index in [0.29, 0.717) is 18.4 Å². The zero-order chi connectivity index (χ0) is 13.8. The summed E-state index contributed by atoms with van der Waals surface area (Å²) in [5.41, 5.74) is 3.81. The number of nitrogens with one attached hydrogen (secondary N) is 1. The van der Waals surface area contributed by atoms with Crippen LogP contribution in [0.25, 0.3) is 0 Å². The van der Waals surface area contributed by atoms with Crippen LogP contribution in [-0.2, 0) is 6.54 Å². The molecule has 0 aliphatic rings. The Morgan fingerprint density at radius 2 is 1.84 bits per heavy atom. The summed E-state index contributed by atoms with van der Waals surface area (Å²) in [6.07, 6.45) is 3.52. The van der Waals surface area contributed by atoms with Crippen molar-refractivity contribution >= 4 is 5.95 Å². The molecule has 0 saturated heterocycles. The van der Waals surface area contributed by atoms with Crippen molar-refractivity contribution in [3.05, 3.63) is 41.2 Å². The molecule has 5 nitrogen and oxygen atoms in total. The van der Waals surface area contributed by atoms with Crippen LogP contribution in [0.3, 0.4) is 0 Å². The smallest absolute Gasteiger partial charge is 0.223 e. The van der Waals surface area contributed by atoms with Gasteiger partial charge in [0.25, 0.3) is 0 Å². The zero-order valence-corrected chi connectivity index (χ0v) is 11.8. The number of rotatable bonds is 4. The summed E-state index contributed by atoms with van der Waals surface area (Å²) >= 11 is 0. The van der Waals surface area contributed by atoms with Gasteiger partial charge < -0.3 is 5.32 Å². The first kappa shape index (κ1) is 13.4. The third-order valence-corrected chi connectivity index (χ3v) is 2.73. The molecule has 0 aromatic carbocycles. The van der Waals surface area contributed by atoms with E-state index >= 15 is 0 Å². The second-order valence-corrected chi connectivity index (χ2v) is 4.92. The first-order valence-corrected chi connectivity index (χ1v) is 6.41. The van der Waals surface area contributed by atoms with Crippen LogP contribution in [0.1, 0.15) is 42.5 Å². The van der Waals surface area contributed by atoms with E-state index < -0.39 is 0 Å². The maximum Gasteiger partial charge on any atom is 0.223 e. The summed E-state index contributed by atoms with van der Waals surface area (Å²) in [7, 11) is 0. The summed E-state index contributed by atoms with van der Waals surface area (Å²) in [4.78, 5) is 17.4. The number of nitrogens with zero attached hydrogens (tertiary/aromatic N) is 4. The van der Waals surface area contributed by atoms with Crippen LogP contribution >= 0.6 is 0 Å². The van der Waals surface area contributed by atoms with E-state index in [1.165, 1.54) is 0 Å². The van der Waals surface area contributed by atoms with Crippen molar-refractivity contribution in [1.29, 1.82) is 0 Å². The number of hydrogen-bond donors (Lipinski definition) is 1. The Hall–Kier alpha value is -2.04. The molecule has 2 rings (SSSR count). The molecule has 100 valence electrons. The van der Waals surface area contributed by atoms with Crippen LogP contribution in [-0.4, -0.2) is 19.9 Å². The maximum absolute atomic E-state index is 4.50. The molecule has 5 heteroatoms. The lowest BCUT2D eigenvalue weighted by Gasteiger charge is -2.09. The van der Waals surface area contributed by atoms with Crippen molar-refractivity contribution < 1.29 is 0 Å². The predicted molar refractivity (Wildman–Crippen MR) is 75.0 cm³/mol. The van der Waals surface area contributed by atoms with Gasteiger partial charge in [0, 0.05) is 17.6 Å². The number of hydrogen-bond acceptors (Lipinski definition) is 5. The summed E-state index contributed by atoms with van der Waals surface area (Å²) < 4.78 is 0. The van der Waals surface area contributed by atoms with Gasteiger partial charge in [0.05, 0.1) is 24.1 Å². The van der Waals surface area contributed by atoms with Gasteiger partial charge in [0.15, 0.2) is 0 Å². The first-order chi connectivity index (χ1) is 9.04. The SMILES string of the molecule is Cc1cnc(CNc2nc(C)cc(C(C)C)n2)cn1. The van der Waals surface area contributed by atoms with Gasteiger partial charge in [-0.25, -0.2) is 9.97 Å². The highest BCUT2D eigenvalue weighted by Crippen LogP contribution is 2.14. The average Bonchev–Trinajstić information content (AvgIpc) is 2.37. The summed E-state index contributed by atoms with van der Waals surface area (Å²) in [5, 5.41) is 3.19. The Kier molecular flexibility index (Phi) is 4.04. The average molecular weight is 257 g/mol. The quantitative estimate of drug-likeness (QED) is 0.912. The first-order valence-electron chi connectivity index (χ1n) is 6.41. The molecular weight excluding hydrogens is 238 g/mol. The molecule has 0 radical (unpaired) electrons. The second kappa shape index (κ2) is 5.73. The Bertz CT molecular complexity index is 548. The van der Waals surface area contributed by atoms with Gasteiger partial charge >= 0.3 is 0 Å². The molecule has 2 aromatic heterocycles. The van der Waals surface area contributed by atoms with E-state index in [-0.39, 0.29) is 0 Å². The molecular formula is C14H19N5. The van der Waals surface area contributed by atoms with Gasteiger partial charge in [-0.2, -0.15) is 0 Å². The lowest BCUT2D eigenvalue weighted by molar-refractivity contribution is 0.807. The lowest BCUT2D eigenvalue weighted by atomic mass is 10.1. The van der Waals surface area contributed by atoms with Crippen molar-refractivity contribution in [3.63, 3.8) is 0 Å². The van der Waals surface area contributed by atoms with Crippen LogP contribution in [0.4, 0.5) is 5.95 Å². The molecule has 0 aliphatic carbocycles. The Balaban J connectivity index is 2.08.